The van der Waals surface area contributed by atoms with Crippen molar-refractivity contribution in [3.05, 3.63) is 53.6 Å². The molecule has 19 heavy (non-hydrogen) atoms. The lowest BCUT2D eigenvalue weighted by Crippen LogP contribution is -1.92. The van der Waals surface area contributed by atoms with Gasteiger partial charge in [-0.25, -0.2) is 4.98 Å². The van der Waals surface area contributed by atoms with Gasteiger partial charge in [0, 0.05) is 18.4 Å². The standard InChI is InChI=1S/C16H16N2S/c1-11-3-6-13(7-4-11)16-17-14-8-5-12(10-19)9-15(14)18(16)2/h3-9,19H,10H2,1-2H3. The van der Waals surface area contributed by atoms with Crippen molar-refractivity contribution < 1.29 is 0 Å². The van der Waals surface area contributed by atoms with Gasteiger partial charge in [-0.3, -0.25) is 0 Å². The highest BCUT2D eigenvalue weighted by atomic mass is 32.1. The first-order valence-corrected chi connectivity index (χ1v) is 6.95. The van der Waals surface area contributed by atoms with Crippen LogP contribution in [0.3, 0.4) is 0 Å². The number of thiol groups is 1. The monoisotopic (exact) mass is 268 g/mol. The molecule has 2 aromatic carbocycles. The van der Waals surface area contributed by atoms with Crippen molar-refractivity contribution in [1.29, 1.82) is 0 Å². The van der Waals surface area contributed by atoms with Crippen LogP contribution < -0.4 is 0 Å². The second kappa shape index (κ2) is 4.74. The molecule has 0 aliphatic rings. The molecule has 0 N–H and O–H groups in total. The van der Waals surface area contributed by atoms with Crippen LogP contribution in [0.4, 0.5) is 0 Å². The lowest BCUT2D eigenvalue weighted by atomic mass is 10.1. The number of hydrogen-bond donors (Lipinski definition) is 1. The molecule has 3 rings (SSSR count). The Hall–Kier alpha value is -1.74. The zero-order valence-corrected chi connectivity index (χ0v) is 12.0. The van der Waals surface area contributed by atoms with Gasteiger partial charge in [0.2, 0.25) is 0 Å². The molecule has 0 saturated heterocycles. The predicted molar refractivity (Wildman–Crippen MR) is 83.6 cm³/mol. The molecule has 0 aliphatic carbocycles. The van der Waals surface area contributed by atoms with E-state index in [1.54, 1.807) is 0 Å². The molecule has 0 spiro atoms. The maximum Gasteiger partial charge on any atom is 0.140 e. The van der Waals surface area contributed by atoms with Gasteiger partial charge in [-0.05, 0) is 24.6 Å². The van der Waals surface area contributed by atoms with Crippen LogP contribution in [-0.2, 0) is 12.8 Å². The van der Waals surface area contributed by atoms with Gasteiger partial charge >= 0.3 is 0 Å². The first kappa shape index (κ1) is 12.3. The highest BCUT2D eigenvalue weighted by Crippen LogP contribution is 2.25. The summed E-state index contributed by atoms with van der Waals surface area (Å²) in [7, 11) is 2.06. The molecular weight excluding hydrogens is 252 g/mol. The number of benzene rings is 2. The normalized spacial score (nSPS) is 11.1. The third-order valence-electron chi connectivity index (χ3n) is 3.44. The number of nitrogens with zero attached hydrogens (tertiary/aromatic N) is 2. The molecule has 2 nitrogen and oxygen atoms in total. The summed E-state index contributed by atoms with van der Waals surface area (Å²) in [6.45, 7) is 2.09. The zero-order chi connectivity index (χ0) is 13.4. The quantitative estimate of drug-likeness (QED) is 0.696. The molecule has 1 aromatic heterocycles. The van der Waals surface area contributed by atoms with Crippen molar-refractivity contribution in [1.82, 2.24) is 9.55 Å². The molecule has 0 aliphatic heterocycles. The fourth-order valence-corrected chi connectivity index (χ4v) is 2.49. The van der Waals surface area contributed by atoms with Gasteiger partial charge in [0.15, 0.2) is 0 Å². The van der Waals surface area contributed by atoms with Gasteiger partial charge in [0.05, 0.1) is 11.0 Å². The van der Waals surface area contributed by atoms with Crippen LogP contribution in [0.1, 0.15) is 11.1 Å². The van der Waals surface area contributed by atoms with E-state index in [4.69, 9.17) is 4.98 Å². The van der Waals surface area contributed by atoms with Gasteiger partial charge < -0.3 is 4.57 Å². The Kier molecular flexibility index (Phi) is 3.07. The Morgan fingerprint density at radius 2 is 1.84 bits per heavy atom. The van der Waals surface area contributed by atoms with E-state index in [-0.39, 0.29) is 0 Å². The van der Waals surface area contributed by atoms with Crippen molar-refractivity contribution in [2.45, 2.75) is 12.7 Å². The van der Waals surface area contributed by atoms with Crippen LogP contribution >= 0.6 is 12.6 Å². The lowest BCUT2D eigenvalue weighted by molar-refractivity contribution is 0.958. The van der Waals surface area contributed by atoms with Crippen molar-refractivity contribution in [2.24, 2.45) is 7.05 Å². The summed E-state index contributed by atoms with van der Waals surface area (Å²) in [6.07, 6.45) is 0. The summed E-state index contributed by atoms with van der Waals surface area (Å²) in [5.74, 6) is 1.76. The Morgan fingerprint density at radius 3 is 2.53 bits per heavy atom. The number of aryl methyl sites for hydroxylation is 2. The minimum absolute atomic E-state index is 0.751. The maximum atomic E-state index is 4.73. The van der Waals surface area contributed by atoms with Gasteiger partial charge in [0.25, 0.3) is 0 Å². The van der Waals surface area contributed by atoms with E-state index in [2.05, 4.69) is 73.6 Å². The molecule has 0 bridgehead atoms. The molecule has 0 saturated carbocycles. The first-order chi connectivity index (χ1) is 9.19. The van der Waals surface area contributed by atoms with Crippen molar-refractivity contribution >= 4 is 23.7 Å². The van der Waals surface area contributed by atoms with E-state index in [0.717, 1.165) is 28.2 Å². The van der Waals surface area contributed by atoms with Crippen LogP contribution in [0.5, 0.6) is 0 Å². The highest BCUT2D eigenvalue weighted by Gasteiger charge is 2.09. The maximum absolute atomic E-state index is 4.73. The number of fused-ring (bicyclic) bond motifs is 1. The molecule has 3 heteroatoms. The highest BCUT2D eigenvalue weighted by molar-refractivity contribution is 7.79. The van der Waals surface area contributed by atoms with E-state index in [9.17, 15) is 0 Å². The smallest absolute Gasteiger partial charge is 0.140 e. The minimum atomic E-state index is 0.751. The molecule has 0 amide bonds. The molecule has 3 aromatic rings. The van der Waals surface area contributed by atoms with Crippen LogP contribution in [0, 0.1) is 6.92 Å². The fourth-order valence-electron chi connectivity index (χ4n) is 2.29. The second-order valence-electron chi connectivity index (χ2n) is 4.84. The van der Waals surface area contributed by atoms with Gasteiger partial charge in [-0.2, -0.15) is 12.6 Å². The van der Waals surface area contributed by atoms with E-state index in [1.807, 2.05) is 0 Å². The van der Waals surface area contributed by atoms with Crippen LogP contribution in [-0.4, -0.2) is 9.55 Å². The Morgan fingerprint density at radius 1 is 1.11 bits per heavy atom. The van der Waals surface area contributed by atoms with E-state index < -0.39 is 0 Å². The molecule has 96 valence electrons. The summed E-state index contributed by atoms with van der Waals surface area (Å²) >= 11 is 4.33. The van der Waals surface area contributed by atoms with Gasteiger partial charge in [-0.1, -0.05) is 35.9 Å². The van der Waals surface area contributed by atoms with Crippen molar-refractivity contribution in [2.75, 3.05) is 0 Å². The van der Waals surface area contributed by atoms with Crippen LogP contribution in [0.25, 0.3) is 22.4 Å². The number of aromatic nitrogens is 2. The number of rotatable bonds is 2. The Labute approximate surface area is 118 Å². The Bertz CT molecular complexity index is 726. The molecule has 0 unspecified atom stereocenters. The lowest BCUT2D eigenvalue weighted by Gasteiger charge is -2.03. The van der Waals surface area contributed by atoms with Crippen LogP contribution in [0.15, 0.2) is 42.5 Å². The summed E-state index contributed by atoms with van der Waals surface area (Å²) in [4.78, 5) is 4.73. The topological polar surface area (TPSA) is 17.8 Å². The first-order valence-electron chi connectivity index (χ1n) is 6.32. The molecule has 0 radical (unpaired) electrons. The predicted octanol–water partition coefficient (Wildman–Crippen LogP) is 3.98. The van der Waals surface area contributed by atoms with E-state index >= 15 is 0 Å². The van der Waals surface area contributed by atoms with E-state index in [0.29, 0.717) is 0 Å². The zero-order valence-electron chi connectivity index (χ0n) is 11.1. The summed E-state index contributed by atoms with van der Waals surface area (Å²) in [6, 6.07) is 14.8. The SMILES string of the molecule is Cc1ccc(-c2nc3ccc(CS)cc3n2C)cc1. The van der Waals surface area contributed by atoms with Gasteiger partial charge in [0.1, 0.15) is 5.82 Å². The molecular formula is C16H16N2S. The average Bonchev–Trinajstić information content (AvgIpc) is 2.76. The van der Waals surface area contributed by atoms with Crippen molar-refractivity contribution in [3.8, 4) is 11.4 Å². The van der Waals surface area contributed by atoms with Crippen LogP contribution in [0.2, 0.25) is 0 Å². The van der Waals surface area contributed by atoms with Crippen molar-refractivity contribution in [3.63, 3.8) is 0 Å². The second-order valence-corrected chi connectivity index (χ2v) is 5.16. The largest absolute Gasteiger partial charge is 0.327 e. The number of imidazole rings is 1. The molecule has 0 atom stereocenters. The average molecular weight is 268 g/mol. The van der Waals surface area contributed by atoms with E-state index in [1.165, 1.54) is 11.1 Å². The van der Waals surface area contributed by atoms with Gasteiger partial charge in [-0.15, -0.1) is 0 Å². The summed E-state index contributed by atoms with van der Waals surface area (Å²) in [5.41, 5.74) is 5.82. The molecule has 0 fully saturated rings. The fraction of sp³-hybridized carbons (Fsp3) is 0.188. The third kappa shape index (κ3) is 2.15. The molecule has 1 heterocycles. The number of hydrogen-bond acceptors (Lipinski definition) is 2. The third-order valence-corrected chi connectivity index (χ3v) is 3.80. The summed E-state index contributed by atoms with van der Waals surface area (Å²) in [5, 5.41) is 0. The summed E-state index contributed by atoms with van der Waals surface area (Å²) < 4.78 is 2.15. The Balaban J connectivity index is 2.19. The minimum Gasteiger partial charge on any atom is -0.327 e.